The number of nitrogens with zero attached hydrogens (tertiary/aromatic N) is 2. The van der Waals surface area contributed by atoms with Gasteiger partial charge in [0.2, 0.25) is 10.0 Å². The van der Waals surface area contributed by atoms with Crippen LogP contribution in [0.15, 0.2) is 53.9 Å². The Kier molecular flexibility index (Phi) is 5.33. The van der Waals surface area contributed by atoms with Crippen LogP contribution in [0, 0.1) is 0 Å². The summed E-state index contributed by atoms with van der Waals surface area (Å²) in [5, 5.41) is 1.25. The van der Waals surface area contributed by atoms with Gasteiger partial charge in [-0.25, -0.2) is 8.42 Å². The van der Waals surface area contributed by atoms with Gasteiger partial charge >= 0.3 is 0 Å². The average Bonchev–Trinajstić information content (AvgIpc) is 3.20. The third-order valence-electron chi connectivity index (χ3n) is 5.46. The molecule has 5 nitrogen and oxygen atoms in total. The van der Waals surface area contributed by atoms with Crippen molar-refractivity contribution in [1.82, 2.24) is 9.21 Å². The molecule has 0 atom stereocenters. The minimum absolute atomic E-state index is 0.00780. The predicted octanol–water partition coefficient (Wildman–Crippen LogP) is 2.93. The Morgan fingerprint density at radius 2 is 1.61 bits per heavy atom. The first kappa shape index (κ1) is 18.9. The molecule has 1 aliphatic heterocycles. The monoisotopic (exact) mass is 396 g/mol. The van der Waals surface area contributed by atoms with Crippen LogP contribution in [0.3, 0.4) is 0 Å². The molecule has 6 heteroatoms. The lowest BCUT2D eigenvalue weighted by molar-refractivity contribution is 0.0698. The summed E-state index contributed by atoms with van der Waals surface area (Å²) in [6.07, 6.45) is 4.89. The normalized spacial score (nSPS) is 17.8. The summed E-state index contributed by atoms with van der Waals surface area (Å²) >= 11 is 0. The molecule has 0 radical (unpaired) electrons. The maximum Gasteiger partial charge on any atom is 0.253 e. The Labute approximate surface area is 166 Å². The van der Waals surface area contributed by atoms with Crippen LogP contribution < -0.4 is 0 Å². The molecule has 2 aromatic rings. The average molecular weight is 397 g/mol. The molecule has 0 bridgehead atoms. The summed E-state index contributed by atoms with van der Waals surface area (Å²) in [6.45, 7) is 1.46. The highest BCUT2D eigenvalue weighted by molar-refractivity contribution is 7.92. The molecule has 1 saturated heterocycles. The van der Waals surface area contributed by atoms with Crippen LogP contribution in [0.2, 0.25) is 0 Å². The summed E-state index contributed by atoms with van der Waals surface area (Å²) in [6, 6.07) is 15.3. The zero-order valence-corrected chi connectivity index (χ0v) is 16.6. The first-order valence-corrected chi connectivity index (χ1v) is 11.2. The standard InChI is InChI=1S/C22H24N2O3S/c25-22(21-10-9-19-7-4-8-20(19)17-21)23-12-14-24(15-13-23)28(26,27)16-11-18-5-2-1-3-6-18/h1-3,5-6,9-11,16-17H,4,7-8,12-15H2/b16-11+. The van der Waals surface area contributed by atoms with E-state index in [1.165, 1.54) is 20.8 Å². The zero-order valence-electron chi connectivity index (χ0n) is 15.8. The van der Waals surface area contributed by atoms with Gasteiger partial charge in [-0.2, -0.15) is 4.31 Å². The number of carbonyl (C=O) groups is 1. The van der Waals surface area contributed by atoms with E-state index in [0.29, 0.717) is 31.7 Å². The number of fused-ring (bicyclic) bond motifs is 1. The zero-order chi connectivity index (χ0) is 19.6. The number of aryl methyl sites for hydroxylation is 2. The van der Waals surface area contributed by atoms with Gasteiger partial charge in [0.25, 0.3) is 5.91 Å². The van der Waals surface area contributed by atoms with Gasteiger partial charge in [-0.1, -0.05) is 36.4 Å². The van der Waals surface area contributed by atoms with E-state index in [0.717, 1.165) is 24.8 Å². The Hall–Kier alpha value is -2.44. The summed E-state index contributed by atoms with van der Waals surface area (Å²) in [5.74, 6) is -0.00780. The number of hydrogen-bond acceptors (Lipinski definition) is 3. The van der Waals surface area contributed by atoms with Crippen LogP contribution in [-0.2, 0) is 22.9 Å². The molecular formula is C22H24N2O3S. The smallest absolute Gasteiger partial charge is 0.253 e. The number of amides is 1. The highest BCUT2D eigenvalue weighted by Gasteiger charge is 2.28. The van der Waals surface area contributed by atoms with Crippen molar-refractivity contribution in [2.75, 3.05) is 26.2 Å². The molecule has 0 saturated carbocycles. The molecule has 0 aromatic heterocycles. The second-order valence-corrected chi connectivity index (χ2v) is 9.11. The quantitative estimate of drug-likeness (QED) is 0.798. The lowest BCUT2D eigenvalue weighted by Gasteiger charge is -2.33. The van der Waals surface area contributed by atoms with Gasteiger partial charge in [-0.15, -0.1) is 0 Å². The fourth-order valence-corrected chi connectivity index (χ4v) is 5.02. The molecule has 2 aliphatic rings. The Balaban J connectivity index is 1.38. The molecule has 0 spiro atoms. The molecule has 1 aliphatic carbocycles. The SMILES string of the molecule is O=C(c1ccc2c(c1)CCC2)N1CCN(S(=O)(=O)/C=C/c2ccccc2)CC1. The van der Waals surface area contributed by atoms with Crippen LogP contribution in [0.25, 0.3) is 6.08 Å². The largest absolute Gasteiger partial charge is 0.336 e. The van der Waals surface area contributed by atoms with E-state index < -0.39 is 10.0 Å². The number of sulfonamides is 1. The molecule has 0 unspecified atom stereocenters. The third-order valence-corrected chi connectivity index (χ3v) is 7.03. The second-order valence-electron chi connectivity index (χ2n) is 7.29. The van der Waals surface area contributed by atoms with Gasteiger partial charge < -0.3 is 4.90 Å². The van der Waals surface area contributed by atoms with Crippen molar-refractivity contribution in [3.05, 3.63) is 76.2 Å². The Morgan fingerprint density at radius 1 is 0.893 bits per heavy atom. The molecule has 1 amide bonds. The highest BCUT2D eigenvalue weighted by Crippen LogP contribution is 2.24. The van der Waals surface area contributed by atoms with Crippen molar-refractivity contribution in [2.24, 2.45) is 0 Å². The molecule has 1 heterocycles. The van der Waals surface area contributed by atoms with E-state index in [9.17, 15) is 13.2 Å². The van der Waals surface area contributed by atoms with E-state index in [1.807, 2.05) is 42.5 Å². The van der Waals surface area contributed by atoms with Crippen molar-refractivity contribution in [1.29, 1.82) is 0 Å². The van der Waals surface area contributed by atoms with Crippen molar-refractivity contribution < 1.29 is 13.2 Å². The summed E-state index contributed by atoms with van der Waals surface area (Å²) in [4.78, 5) is 14.6. The first-order valence-electron chi connectivity index (χ1n) is 9.67. The van der Waals surface area contributed by atoms with E-state index >= 15 is 0 Å². The fraction of sp³-hybridized carbons (Fsp3) is 0.318. The third kappa shape index (κ3) is 4.03. The fourth-order valence-electron chi connectivity index (χ4n) is 3.85. The van der Waals surface area contributed by atoms with E-state index in [4.69, 9.17) is 0 Å². The van der Waals surface area contributed by atoms with Gasteiger partial charge in [-0.3, -0.25) is 4.79 Å². The Bertz CT molecular complexity index is 992. The summed E-state index contributed by atoms with van der Waals surface area (Å²) in [7, 11) is -3.49. The predicted molar refractivity (Wildman–Crippen MR) is 110 cm³/mol. The molecule has 4 rings (SSSR count). The van der Waals surface area contributed by atoms with Crippen LogP contribution in [0.4, 0.5) is 0 Å². The van der Waals surface area contributed by atoms with Gasteiger partial charge in [0, 0.05) is 37.2 Å². The number of rotatable bonds is 4. The van der Waals surface area contributed by atoms with Crippen LogP contribution in [-0.4, -0.2) is 49.7 Å². The second kappa shape index (κ2) is 7.89. The molecule has 2 aromatic carbocycles. The summed E-state index contributed by atoms with van der Waals surface area (Å²) in [5.41, 5.74) is 4.17. The lowest BCUT2D eigenvalue weighted by Crippen LogP contribution is -2.50. The molecule has 0 N–H and O–H groups in total. The number of hydrogen-bond donors (Lipinski definition) is 0. The van der Waals surface area contributed by atoms with Gasteiger partial charge in [0.05, 0.1) is 0 Å². The molecule has 146 valence electrons. The van der Waals surface area contributed by atoms with Crippen molar-refractivity contribution in [3.8, 4) is 0 Å². The van der Waals surface area contributed by atoms with Crippen LogP contribution in [0.1, 0.15) is 33.5 Å². The number of piperazine rings is 1. The van der Waals surface area contributed by atoms with Crippen molar-refractivity contribution in [3.63, 3.8) is 0 Å². The Morgan fingerprint density at radius 3 is 2.36 bits per heavy atom. The van der Waals surface area contributed by atoms with Crippen molar-refractivity contribution in [2.45, 2.75) is 19.3 Å². The van der Waals surface area contributed by atoms with E-state index in [1.54, 1.807) is 11.0 Å². The highest BCUT2D eigenvalue weighted by atomic mass is 32.2. The molecule has 1 fully saturated rings. The minimum Gasteiger partial charge on any atom is -0.336 e. The van der Waals surface area contributed by atoms with E-state index in [-0.39, 0.29) is 5.91 Å². The lowest BCUT2D eigenvalue weighted by atomic mass is 10.1. The van der Waals surface area contributed by atoms with Gasteiger partial charge in [-0.05, 0) is 54.2 Å². The maximum absolute atomic E-state index is 12.8. The van der Waals surface area contributed by atoms with Gasteiger partial charge in [0.15, 0.2) is 0 Å². The van der Waals surface area contributed by atoms with Crippen LogP contribution in [0.5, 0.6) is 0 Å². The topological polar surface area (TPSA) is 57.7 Å². The number of benzene rings is 2. The first-order chi connectivity index (χ1) is 13.5. The van der Waals surface area contributed by atoms with E-state index in [2.05, 4.69) is 6.07 Å². The molecular weight excluding hydrogens is 372 g/mol. The minimum atomic E-state index is -3.49. The maximum atomic E-state index is 12.8. The number of carbonyl (C=O) groups excluding carboxylic acids is 1. The summed E-state index contributed by atoms with van der Waals surface area (Å²) < 4.78 is 26.6. The van der Waals surface area contributed by atoms with Gasteiger partial charge in [0.1, 0.15) is 0 Å². The van der Waals surface area contributed by atoms with Crippen molar-refractivity contribution >= 4 is 22.0 Å². The molecule has 28 heavy (non-hydrogen) atoms. The van der Waals surface area contributed by atoms with Crippen LogP contribution >= 0.6 is 0 Å².